The minimum atomic E-state index is -1.05. The number of amides is 2. The van der Waals surface area contributed by atoms with Crippen LogP contribution >= 0.6 is 34.8 Å². The smallest absolute Gasteiger partial charge is 0.261 e. The fraction of sp³-hybridized carbons (Fsp3) is 0.500. The van der Waals surface area contributed by atoms with Gasteiger partial charge in [-0.2, -0.15) is 0 Å². The highest BCUT2D eigenvalue weighted by Crippen LogP contribution is 2.42. The van der Waals surface area contributed by atoms with Gasteiger partial charge in [0, 0.05) is 11.8 Å². The summed E-state index contributed by atoms with van der Waals surface area (Å²) >= 11 is 18.3. The van der Waals surface area contributed by atoms with Gasteiger partial charge in [-0.25, -0.2) is 0 Å². The summed E-state index contributed by atoms with van der Waals surface area (Å²) in [6.07, 6.45) is 1.83. The maximum atomic E-state index is 13.8. The van der Waals surface area contributed by atoms with E-state index in [-0.39, 0.29) is 27.1 Å². The fourth-order valence-corrected chi connectivity index (χ4v) is 5.39. The molecule has 3 rings (SSSR count). The van der Waals surface area contributed by atoms with Gasteiger partial charge in [0.1, 0.15) is 11.3 Å². The zero-order valence-corrected chi connectivity index (χ0v) is 24.0. The molecule has 2 aromatic rings. The van der Waals surface area contributed by atoms with Gasteiger partial charge in [0.2, 0.25) is 5.91 Å². The summed E-state index contributed by atoms with van der Waals surface area (Å²) in [7, 11) is 0. The van der Waals surface area contributed by atoms with Crippen LogP contribution in [0.1, 0.15) is 64.5 Å². The summed E-state index contributed by atoms with van der Waals surface area (Å²) in [5.74, 6) is 0.0989. The van der Waals surface area contributed by atoms with Crippen molar-refractivity contribution in [1.82, 2.24) is 5.32 Å². The van der Waals surface area contributed by atoms with Gasteiger partial charge in [-0.3, -0.25) is 9.59 Å². The maximum absolute atomic E-state index is 13.8. The van der Waals surface area contributed by atoms with Crippen molar-refractivity contribution in [1.29, 1.82) is 0 Å². The molecule has 1 saturated carbocycles. The molecular weight excluding hydrogens is 519 g/mol. The van der Waals surface area contributed by atoms with Crippen LogP contribution in [0.2, 0.25) is 15.1 Å². The maximum Gasteiger partial charge on any atom is 0.261 e. The molecule has 196 valence electrons. The number of benzene rings is 2. The molecule has 0 aromatic heterocycles. The third-order valence-electron chi connectivity index (χ3n) is 7.23. The SMILES string of the molecule is Cc1cccc(C)c1NC(=O)C1(NC(=O)[C@@H](C)Oc2cc(Cl)c(Cl)cc2Cl)CCC(C(C)(C)C)CC1. The fourth-order valence-electron chi connectivity index (χ4n) is 4.81. The zero-order chi connectivity index (χ0) is 26.8. The third-order valence-corrected chi connectivity index (χ3v) is 8.25. The number of carbonyl (C=O) groups is 2. The van der Waals surface area contributed by atoms with E-state index in [1.54, 1.807) is 6.92 Å². The second-order valence-corrected chi connectivity index (χ2v) is 12.1. The quantitative estimate of drug-likeness (QED) is 0.359. The van der Waals surface area contributed by atoms with Crippen LogP contribution < -0.4 is 15.4 Å². The molecular formula is C28H35Cl3N2O3. The van der Waals surface area contributed by atoms with Crippen molar-refractivity contribution in [3.8, 4) is 5.75 Å². The summed E-state index contributed by atoms with van der Waals surface area (Å²) in [6, 6.07) is 8.83. The van der Waals surface area contributed by atoms with Crippen LogP contribution in [0.15, 0.2) is 30.3 Å². The van der Waals surface area contributed by atoms with Crippen molar-refractivity contribution in [2.24, 2.45) is 11.3 Å². The average Bonchev–Trinajstić information content (AvgIpc) is 2.79. The Balaban J connectivity index is 1.84. The number of aryl methyl sites for hydroxylation is 2. The van der Waals surface area contributed by atoms with Crippen LogP contribution in [0.25, 0.3) is 0 Å². The minimum Gasteiger partial charge on any atom is -0.479 e. The summed E-state index contributed by atoms with van der Waals surface area (Å²) in [5, 5.41) is 6.98. The lowest BCUT2D eigenvalue weighted by Crippen LogP contribution is -2.61. The van der Waals surface area contributed by atoms with Crippen LogP contribution in [0.5, 0.6) is 5.75 Å². The second-order valence-electron chi connectivity index (χ2n) is 10.9. The van der Waals surface area contributed by atoms with Crippen LogP contribution in [-0.4, -0.2) is 23.5 Å². The molecule has 1 aliphatic rings. The predicted molar refractivity (Wildman–Crippen MR) is 148 cm³/mol. The van der Waals surface area contributed by atoms with E-state index in [1.165, 1.54) is 12.1 Å². The van der Waals surface area contributed by atoms with E-state index in [0.717, 1.165) is 29.7 Å². The van der Waals surface area contributed by atoms with Crippen molar-refractivity contribution >= 4 is 52.3 Å². The Bertz CT molecular complexity index is 1120. The molecule has 1 aliphatic carbocycles. The molecule has 0 spiro atoms. The first kappa shape index (κ1) is 28.6. The Morgan fingerprint density at radius 1 is 1.00 bits per heavy atom. The highest BCUT2D eigenvalue weighted by molar-refractivity contribution is 6.43. The first-order chi connectivity index (χ1) is 16.7. The Hall–Kier alpha value is -1.95. The van der Waals surface area contributed by atoms with E-state index in [2.05, 4.69) is 31.4 Å². The third kappa shape index (κ3) is 6.48. The molecule has 1 fully saturated rings. The Morgan fingerprint density at radius 3 is 2.11 bits per heavy atom. The van der Waals surface area contributed by atoms with Crippen molar-refractivity contribution < 1.29 is 14.3 Å². The largest absolute Gasteiger partial charge is 0.479 e. The molecule has 2 aromatic carbocycles. The number of para-hydroxylation sites is 1. The molecule has 2 amide bonds. The van der Waals surface area contributed by atoms with Gasteiger partial charge in [0.05, 0.1) is 15.1 Å². The molecule has 8 heteroatoms. The summed E-state index contributed by atoms with van der Waals surface area (Å²) in [5.41, 5.74) is 1.80. The van der Waals surface area contributed by atoms with E-state index >= 15 is 0 Å². The van der Waals surface area contributed by atoms with Gasteiger partial charge in [0.15, 0.2) is 6.10 Å². The number of halogens is 3. The number of rotatable bonds is 6. The number of nitrogens with one attached hydrogen (secondary N) is 2. The molecule has 36 heavy (non-hydrogen) atoms. The van der Waals surface area contributed by atoms with Gasteiger partial charge in [0.25, 0.3) is 5.91 Å². The van der Waals surface area contributed by atoms with E-state index in [0.29, 0.717) is 23.8 Å². The van der Waals surface area contributed by atoms with Crippen LogP contribution in [0, 0.1) is 25.2 Å². The van der Waals surface area contributed by atoms with Gasteiger partial charge < -0.3 is 15.4 Å². The van der Waals surface area contributed by atoms with E-state index in [4.69, 9.17) is 39.5 Å². The van der Waals surface area contributed by atoms with E-state index < -0.39 is 17.6 Å². The number of hydrogen-bond acceptors (Lipinski definition) is 3. The highest BCUT2D eigenvalue weighted by Gasteiger charge is 2.46. The summed E-state index contributed by atoms with van der Waals surface area (Å²) in [6.45, 7) is 12.2. The van der Waals surface area contributed by atoms with Crippen LogP contribution in [-0.2, 0) is 9.59 Å². The van der Waals surface area contributed by atoms with Crippen molar-refractivity contribution in [2.45, 2.75) is 78.9 Å². The van der Waals surface area contributed by atoms with Crippen molar-refractivity contribution in [2.75, 3.05) is 5.32 Å². The Morgan fingerprint density at radius 2 is 1.56 bits per heavy atom. The topological polar surface area (TPSA) is 67.4 Å². The summed E-state index contributed by atoms with van der Waals surface area (Å²) in [4.78, 5) is 27.1. The highest BCUT2D eigenvalue weighted by atomic mass is 35.5. The Kier molecular flexibility index (Phi) is 8.91. The zero-order valence-electron chi connectivity index (χ0n) is 21.7. The number of hydrogen-bond donors (Lipinski definition) is 2. The van der Waals surface area contributed by atoms with Gasteiger partial charge in [-0.05, 0) is 75.0 Å². The van der Waals surface area contributed by atoms with Crippen LogP contribution in [0.4, 0.5) is 5.69 Å². The summed E-state index contributed by atoms with van der Waals surface area (Å²) < 4.78 is 5.82. The standard InChI is InChI=1S/C28H35Cl3N2O3/c1-16-8-7-9-17(2)24(16)32-26(35)28(12-10-19(11-13-28)27(4,5)6)33-25(34)18(3)36-23-15-21(30)20(29)14-22(23)31/h7-9,14-15,18-19H,10-13H2,1-6H3,(H,32,35)(H,33,34)/t18-,19?,28?/m1/s1. The average molecular weight is 554 g/mol. The monoisotopic (exact) mass is 552 g/mol. The number of carbonyl (C=O) groups excluding carboxylic acids is 2. The molecule has 0 heterocycles. The first-order valence-corrected chi connectivity index (χ1v) is 13.4. The second kappa shape index (κ2) is 11.2. The molecule has 0 radical (unpaired) electrons. The van der Waals surface area contributed by atoms with Crippen molar-refractivity contribution in [3.05, 3.63) is 56.5 Å². The molecule has 1 atom stereocenters. The van der Waals surface area contributed by atoms with Crippen LogP contribution in [0.3, 0.4) is 0 Å². The Labute approximate surface area is 229 Å². The van der Waals surface area contributed by atoms with Crippen molar-refractivity contribution in [3.63, 3.8) is 0 Å². The molecule has 0 aliphatic heterocycles. The molecule has 5 nitrogen and oxygen atoms in total. The lowest BCUT2D eigenvalue weighted by atomic mass is 9.67. The van der Waals surface area contributed by atoms with E-state index in [1.807, 2.05) is 32.0 Å². The lowest BCUT2D eigenvalue weighted by molar-refractivity contribution is -0.136. The van der Waals surface area contributed by atoms with Gasteiger partial charge >= 0.3 is 0 Å². The van der Waals surface area contributed by atoms with Gasteiger partial charge in [-0.15, -0.1) is 0 Å². The van der Waals surface area contributed by atoms with Gasteiger partial charge in [-0.1, -0.05) is 73.8 Å². The molecule has 0 saturated heterocycles. The molecule has 2 N–H and O–H groups in total. The van der Waals surface area contributed by atoms with E-state index in [9.17, 15) is 9.59 Å². The first-order valence-electron chi connectivity index (χ1n) is 12.2. The minimum absolute atomic E-state index is 0.125. The predicted octanol–water partition coefficient (Wildman–Crippen LogP) is 7.76. The number of ether oxygens (including phenoxy) is 1. The normalized spacial score (nSPS) is 21.0. The molecule has 0 bridgehead atoms. The lowest BCUT2D eigenvalue weighted by Gasteiger charge is -2.43. The number of anilines is 1. The molecule has 0 unspecified atom stereocenters.